The molecule has 1 N–H and O–H groups in total. The van der Waals surface area contributed by atoms with E-state index in [2.05, 4.69) is 10.2 Å². The Balaban J connectivity index is 1.67. The third-order valence-corrected chi connectivity index (χ3v) is 4.78. The van der Waals surface area contributed by atoms with Gasteiger partial charge in [0.2, 0.25) is 0 Å². The average Bonchev–Trinajstić information content (AvgIpc) is 3.08. The van der Waals surface area contributed by atoms with E-state index in [0.29, 0.717) is 22.9 Å². The second-order valence-electron chi connectivity index (χ2n) is 6.77. The molecule has 140 valence electrons. The van der Waals surface area contributed by atoms with Gasteiger partial charge in [-0.1, -0.05) is 11.6 Å². The van der Waals surface area contributed by atoms with Crippen molar-refractivity contribution in [2.45, 2.75) is 25.7 Å². The highest BCUT2D eigenvalue weighted by Gasteiger charge is 2.21. The Morgan fingerprint density at radius 3 is 2.85 bits per heavy atom. The minimum absolute atomic E-state index is 0.137. The van der Waals surface area contributed by atoms with Gasteiger partial charge < -0.3 is 19.4 Å². The van der Waals surface area contributed by atoms with Crippen LogP contribution in [0.1, 0.15) is 24.0 Å². The molecule has 0 fully saturated rings. The molecule has 0 radical (unpaired) electrons. The van der Waals surface area contributed by atoms with Crippen molar-refractivity contribution in [3.05, 3.63) is 38.7 Å². The number of carbonyl (C=O) groups excluding carboxylic acids is 1. The fourth-order valence-corrected chi connectivity index (χ4v) is 3.43. The van der Waals surface area contributed by atoms with E-state index >= 15 is 0 Å². The van der Waals surface area contributed by atoms with Gasteiger partial charge in [-0.3, -0.25) is 4.79 Å². The number of hydrogen-bond acceptors (Lipinski definition) is 5. The molecule has 2 aromatic rings. The van der Waals surface area contributed by atoms with Gasteiger partial charge >= 0.3 is 5.63 Å². The van der Waals surface area contributed by atoms with E-state index in [0.717, 1.165) is 48.7 Å². The second kappa shape index (κ2) is 8.10. The lowest BCUT2D eigenvalue weighted by Gasteiger charge is -2.12. The number of aryl methyl sites for hydroxylation is 1. The van der Waals surface area contributed by atoms with Crippen LogP contribution in [0.4, 0.5) is 0 Å². The van der Waals surface area contributed by atoms with Crippen LogP contribution in [0.2, 0.25) is 5.02 Å². The lowest BCUT2D eigenvalue weighted by Crippen LogP contribution is -2.31. The molecule has 0 spiro atoms. The molecule has 1 aliphatic carbocycles. The third kappa shape index (κ3) is 4.19. The molecule has 0 saturated carbocycles. The summed E-state index contributed by atoms with van der Waals surface area (Å²) in [5.41, 5.74) is 1.92. The topological polar surface area (TPSA) is 71.8 Å². The number of rotatable bonds is 7. The summed E-state index contributed by atoms with van der Waals surface area (Å²) >= 11 is 6.31. The summed E-state index contributed by atoms with van der Waals surface area (Å²) in [5.74, 6) is 0.124. The van der Waals surface area contributed by atoms with Gasteiger partial charge in [0.15, 0.2) is 6.61 Å². The van der Waals surface area contributed by atoms with Crippen LogP contribution < -0.4 is 15.7 Å². The lowest BCUT2D eigenvalue weighted by molar-refractivity contribution is -0.123. The maximum atomic E-state index is 12.1. The molecule has 7 heteroatoms. The molecular weight excluding hydrogens is 356 g/mol. The zero-order valence-corrected chi connectivity index (χ0v) is 15.8. The minimum atomic E-state index is -0.295. The van der Waals surface area contributed by atoms with Crippen LogP contribution in [-0.4, -0.2) is 44.6 Å². The first-order valence-electron chi connectivity index (χ1n) is 8.78. The molecule has 1 aromatic carbocycles. The molecule has 0 aliphatic heterocycles. The van der Waals surface area contributed by atoms with Gasteiger partial charge in [0.25, 0.3) is 5.91 Å². The van der Waals surface area contributed by atoms with Crippen molar-refractivity contribution in [2.75, 3.05) is 33.8 Å². The molecule has 6 nitrogen and oxygen atoms in total. The van der Waals surface area contributed by atoms with Crippen molar-refractivity contribution in [2.24, 2.45) is 0 Å². The molecule has 1 aromatic heterocycles. The first kappa shape index (κ1) is 18.7. The Morgan fingerprint density at radius 1 is 1.31 bits per heavy atom. The summed E-state index contributed by atoms with van der Waals surface area (Å²) in [4.78, 5) is 26.0. The van der Waals surface area contributed by atoms with Crippen LogP contribution in [0.15, 0.2) is 21.3 Å². The Bertz CT molecular complexity index is 876. The van der Waals surface area contributed by atoms with Gasteiger partial charge in [-0.2, -0.15) is 0 Å². The van der Waals surface area contributed by atoms with Crippen LogP contribution >= 0.6 is 11.6 Å². The lowest BCUT2D eigenvalue weighted by atomic mass is 10.1. The van der Waals surface area contributed by atoms with Crippen molar-refractivity contribution < 1.29 is 13.9 Å². The number of fused-ring (bicyclic) bond motifs is 3. The van der Waals surface area contributed by atoms with E-state index in [-0.39, 0.29) is 18.1 Å². The van der Waals surface area contributed by atoms with Gasteiger partial charge in [-0.15, -0.1) is 0 Å². The van der Waals surface area contributed by atoms with Gasteiger partial charge in [-0.05, 0) is 58.0 Å². The van der Waals surface area contributed by atoms with Crippen LogP contribution in [-0.2, 0) is 17.6 Å². The van der Waals surface area contributed by atoms with Gasteiger partial charge in [0.05, 0.1) is 5.02 Å². The van der Waals surface area contributed by atoms with Gasteiger partial charge in [0, 0.05) is 23.6 Å². The zero-order chi connectivity index (χ0) is 18.7. The highest BCUT2D eigenvalue weighted by atomic mass is 35.5. The van der Waals surface area contributed by atoms with E-state index in [9.17, 15) is 9.59 Å². The fourth-order valence-electron chi connectivity index (χ4n) is 3.21. The Kier molecular flexibility index (Phi) is 5.84. The molecule has 26 heavy (non-hydrogen) atoms. The molecule has 1 amide bonds. The highest BCUT2D eigenvalue weighted by molar-refractivity contribution is 6.32. The summed E-state index contributed by atoms with van der Waals surface area (Å²) in [6, 6.07) is 3.35. The first-order valence-corrected chi connectivity index (χ1v) is 9.16. The Labute approximate surface area is 157 Å². The van der Waals surface area contributed by atoms with E-state index in [1.165, 1.54) is 0 Å². The third-order valence-electron chi connectivity index (χ3n) is 4.49. The number of amides is 1. The molecule has 0 unspecified atom stereocenters. The van der Waals surface area contributed by atoms with Crippen molar-refractivity contribution in [3.63, 3.8) is 0 Å². The number of hydrogen-bond donors (Lipinski definition) is 1. The van der Waals surface area contributed by atoms with Crippen LogP contribution in [0.5, 0.6) is 5.75 Å². The number of nitrogens with zero attached hydrogens (tertiary/aromatic N) is 1. The molecule has 0 bridgehead atoms. The largest absolute Gasteiger partial charge is 0.482 e. The fraction of sp³-hybridized carbons (Fsp3) is 0.474. The normalized spacial score (nSPS) is 13.2. The maximum Gasteiger partial charge on any atom is 0.339 e. The Morgan fingerprint density at radius 2 is 2.08 bits per heavy atom. The van der Waals surface area contributed by atoms with Gasteiger partial charge in [-0.25, -0.2) is 4.79 Å². The van der Waals surface area contributed by atoms with E-state index in [1.54, 1.807) is 12.1 Å². The average molecular weight is 379 g/mol. The van der Waals surface area contributed by atoms with Crippen LogP contribution in [0.25, 0.3) is 11.0 Å². The zero-order valence-electron chi connectivity index (χ0n) is 15.1. The van der Waals surface area contributed by atoms with Gasteiger partial charge in [0.1, 0.15) is 11.3 Å². The molecular formula is C19H23ClN2O4. The highest BCUT2D eigenvalue weighted by Crippen LogP contribution is 2.34. The van der Waals surface area contributed by atoms with E-state index in [4.69, 9.17) is 20.8 Å². The van der Waals surface area contributed by atoms with Crippen molar-refractivity contribution in [3.8, 4) is 5.75 Å². The molecule has 0 saturated heterocycles. The quantitative estimate of drug-likeness (QED) is 0.591. The predicted octanol–water partition coefficient (Wildman–Crippen LogP) is 2.38. The standard InChI is InChI=1S/C19H23ClN2O4/c1-22(2)8-4-7-21-18(23)11-25-17-10-16-14(9-15(17)20)12-5-3-6-13(12)19(24)26-16/h9-10H,3-8,11H2,1-2H3,(H,21,23). The van der Waals surface area contributed by atoms with E-state index in [1.807, 2.05) is 14.1 Å². The van der Waals surface area contributed by atoms with Crippen LogP contribution in [0.3, 0.4) is 0 Å². The van der Waals surface area contributed by atoms with Crippen molar-refractivity contribution in [1.82, 2.24) is 10.2 Å². The number of benzene rings is 1. The predicted molar refractivity (Wildman–Crippen MR) is 101 cm³/mol. The molecule has 3 rings (SSSR count). The number of halogens is 1. The number of nitrogens with one attached hydrogen (secondary N) is 1. The number of carbonyl (C=O) groups is 1. The minimum Gasteiger partial charge on any atom is -0.482 e. The summed E-state index contributed by atoms with van der Waals surface area (Å²) in [5, 5.41) is 4.05. The number of ether oxygens (including phenoxy) is 1. The van der Waals surface area contributed by atoms with Crippen LogP contribution in [0, 0.1) is 0 Å². The van der Waals surface area contributed by atoms with E-state index < -0.39 is 0 Å². The second-order valence-corrected chi connectivity index (χ2v) is 7.18. The summed E-state index contributed by atoms with van der Waals surface area (Å²) in [7, 11) is 3.97. The summed E-state index contributed by atoms with van der Waals surface area (Å²) in [6.07, 6.45) is 3.41. The Hall–Kier alpha value is -2.05. The van der Waals surface area contributed by atoms with Crippen molar-refractivity contribution in [1.29, 1.82) is 0 Å². The monoisotopic (exact) mass is 378 g/mol. The smallest absolute Gasteiger partial charge is 0.339 e. The van der Waals surface area contributed by atoms with Crippen molar-refractivity contribution >= 4 is 28.5 Å². The summed E-state index contributed by atoms with van der Waals surface area (Å²) in [6.45, 7) is 1.36. The molecule has 0 atom stereocenters. The maximum absolute atomic E-state index is 12.1. The summed E-state index contributed by atoms with van der Waals surface area (Å²) < 4.78 is 10.9. The molecule has 1 heterocycles. The molecule has 1 aliphatic rings. The SMILES string of the molecule is CN(C)CCCNC(=O)COc1cc2oc(=O)c3c(c2cc1Cl)CCC3. The first-order chi connectivity index (χ1) is 12.5.